The number of hydrogen-bond donors (Lipinski definition) is 1. The molecule has 1 aromatic carbocycles. The first-order chi connectivity index (χ1) is 24.4. The average molecular weight is 684 g/mol. The summed E-state index contributed by atoms with van der Waals surface area (Å²) < 4.78 is 27.6. The molecule has 3 aliphatic rings. The second kappa shape index (κ2) is 15.5. The maximum Gasteiger partial charge on any atom is 0.256 e. The summed E-state index contributed by atoms with van der Waals surface area (Å²) in [5, 5.41) is 29.2. The molecule has 50 heavy (non-hydrogen) atoms. The molecule has 7 rings (SSSR count). The van der Waals surface area contributed by atoms with Crippen molar-refractivity contribution in [3.8, 4) is 28.8 Å². The third-order valence-electron chi connectivity index (χ3n) is 9.68. The van der Waals surface area contributed by atoms with Gasteiger partial charge in [0.25, 0.3) is 5.88 Å². The molecule has 4 atom stereocenters. The van der Waals surface area contributed by atoms with Crippen LogP contribution in [0.15, 0.2) is 43.1 Å². The zero-order chi connectivity index (χ0) is 34.5. The number of nitriles is 1. The van der Waals surface area contributed by atoms with E-state index in [0.29, 0.717) is 60.9 Å². The number of tetrazole rings is 1. The van der Waals surface area contributed by atoms with E-state index in [2.05, 4.69) is 60.3 Å². The second-order valence-electron chi connectivity index (χ2n) is 13.7. The molecule has 3 aromatic heterocycles. The van der Waals surface area contributed by atoms with Crippen LogP contribution in [-0.4, -0.2) is 102 Å². The molecule has 2 saturated heterocycles. The van der Waals surface area contributed by atoms with Gasteiger partial charge in [-0.2, -0.15) is 5.26 Å². The molecule has 0 radical (unpaired) electrons. The van der Waals surface area contributed by atoms with Gasteiger partial charge in [-0.15, -0.1) is 10.2 Å². The number of benzene rings is 1. The molecule has 2 aliphatic heterocycles. The van der Waals surface area contributed by atoms with E-state index < -0.39 is 0 Å². The molecule has 0 bridgehead atoms. The van der Waals surface area contributed by atoms with Crippen LogP contribution in [0.1, 0.15) is 64.5 Å². The van der Waals surface area contributed by atoms with E-state index in [0.717, 1.165) is 68.6 Å². The van der Waals surface area contributed by atoms with Crippen LogP contribution < -0.4 is 14.8 Å². The Morgan fingerprint density at radius 1 is 1.04 bits per heavy atom. The van der Waals surface area contributed by atoms with Gasteiger partial charge in [0.05, 0.1) is 49.8 Å². The van der Waals surface area contributed by atoms with Crippen molar-refractivity contribution < 1.29 is 18.9 Å². The van der Waals surface area contributed by atoms with E-state index in [4.69, 9.17) is 24.0 Å². The lowest BCUT2D eigenvalue weighted by atomic mass is 9.89. The Morgan fingerprint density at radius 2 is 1.82 bits per heavy atom. The van der Waals surface area contributed by atoms with Gasteiger partial charge in [-0.1, -0.05) is 6.07 Å². The van der Waals surface area contributed by atoms with Crippen LogP contribution in [0.25, 0.3) is 11.1 Å². The summed E-state index contributed by atoms with van der Waals surface area (Å²) in [5.41, 5.74) is 2.78. The molecule has 3 fully saturated rings. The lowest BCUT2D eigenvalue weighted by molar-refractivity contribution is -0.0852. The maximum absolute atomic E-state index is 9.69. The minimum absolute atomic E-state index is 0.269. The fourth-order valence-electron chi connectivity index (χ4n) is 7.21. The van der Waals surface area contributed by atoms with Crippen LogP contribution in [0.2, 0.25) is 0 Å². The predicted molar refractivity (Wildman–Crippen MR) is 183 cm³/mol. The van der Waals surface area contributed by atoms with Crippen molar-refractivity contribution in [3.63, 3.8) is 0 Å². The standard InChI is InChI=1S/C35H45N11O4/c1-23-16-44(17-24(2)49-23)30-6-8-31(9-7-30)46-19-32(34(41-46)48-21-26-10-11-47-20-26)40-35-37-14-29(15-38-35)27-4-5-28(13-36)33(12-27)50-25(3)18-45-22-39-42-43-45/h4-5,12,14-15,19,22-26,30-31H,6-11,16-18,20-21H2,1-3H3,(H,37,38,40)/t23-,24+,25-,26?,30?,31?/m0/s1. The van der Waals surface area contributed by atoms with Crippen molar-refractivity contribution in [2.24, 2.45) is 5.92 Å². The second-order valence-corrected chi connectivity index (χ2v) is 13.7. The van der Waals surface area contributed by atoms with Crippen molar-refractivity contribution in [2.75, 3.05) is 38.2 Å². The van der Waals surface area contributed by atoms with E-state index >= 15 is 0 Å². The number of hydrogen-bond acceptors (Lipinski definition) is 13. The molecule has 5 heterocycles. The van der Waals surface area contributed by atoms with Gasteiger partial charge < -0.3 is 24.3 Å². The average Bonchev–Trinajstić information content (AvgIpc) is 3.91. The number of morpholine rings is 1. The van der Waals surface area contributed by atoms with Gasteiger partial charge >= 0.3 is 0 Å². The number of nitrogens with zero attached hydrogens (tertiary/aromatic N) is 10. The van der Waals surface area contributed by atoms with Crippen molar-refractivity contribution >= 4 is 11.6 Å². The first-order valence-electron chi connectivity index (χ1n) is 17.6. The fraction of sp³-hybridized carbons (Fsp3) is 0.571. The van der Waals surface area contributed by atoms with Crippen LogP contribution in [0.4, 0.5) is 11.6 Å². The first-order valence-corrected chi connectivity index (χ1v) is 17.6. The van der Waals surface area contributed by atoms with E-state index in [1.54, 1.807) is 23.1 Å². The molecule has 1 N–H and O–H groups in total. The van der Waals surface area contributed by atoms with E-state index in [-0.39, 0.29) is 18.3 Å². The summed E-state index contributed by atoms with van der Waals surface area (Å²) in [6.45, 7) is 10.7. The lowest BCUT2D eigenvalue weighted by Gasteiger charge is -2.42. The van der Waals surface area contributed by atoms with Crippen molar-refractivity contribution in [1.29, 1.82) is 5.26 Å². The van der Waals surface area contributed by atoms with E-state index in [1.807, 2.05) is 25.3 Å². The van der Waals surface area contributed by atoms with Crippen molar-refractivity contribution in [2.45, 2.75) is 89.8 Å². The van der Waals surface area contributed by atoms with Gasteiger partial charge in [-0.25, -0.2) is 14.6 Å². The quantitative estimate of drug-likeness (QED) is 0.224. The van der Waals surface area contributed by atoms with E-state index in [9.17, 15) is 5.26 Å². The normalized spacial score (nSPS) is 24.8. The molecular formula is C35H45N11O4. The van der Waals surface area contributed by atoms with Crippen molar-refractivity contribution in [3.05, 3.63) is 48.7 Å². The Bertz CT molecular complexity index is 1720. The lowest BCUT2D eigenvalue weighted by Crippen LogP contribution is -2.51. The van der Waals surface area contributed by atoms with Crippen LogP contribution in [-0.2, 0) is 16.0 Å². The Morgan fingerprint density at radius 3 is 2.52 bits per heavy atom. The number of anilines is 2. The molecule has 1 saturated carbocycles. The number of nitrogens with one attached hydrogen (secondary N) is 1. The molecule has 15 nitrogen and oxygen atoms in total. The first kappa shape index (κ1) is 33.8. The Balaban J connectivity index is 1.03. The Kier molecular flexibility index (Phi) is 10.5. The van der Waals surface area contributed by atoms with Gasteiger partial charge in [0.1, 0.15) is 29.9 Å². The summed E-state index contributed by atoms with van der Waals surface area (Å²) in [6, 6.07) is 8.51. The smallest absolute Gasteiger partial charge is 0.256 e. The minimum atomic E-state index is -0.269. The molecule has 4 aromatic rings. The summed E-state index contributed by atoms with van der Waals surface area (Å²) >= 11 is 0. The SMILES string of the molecule is C[C@@H]1CN(C2CCC(n3cc(Nc4ncc(-c5ccc(C#N)c(O[C@@H](C)Cn6cnnn6)c5)cn4)c(OCC4CCOC4)n3)CC2)C[C@H](C)O1. The van der Waals surface area contributed by atoms with Gasteiger partial charge in [-0.3, -0.25) is 9.58 Å². The zero-order valence-corrected chi connectivity index (χ0v) is 28.9. The molecule has 264 valence electrons. The third kappa shape index (κ3) is 8.20. The molecule has 0 spiro atoms. The summed E-state index contributed by atoms with van der Waals surface area (Å²) in [4.78, 5) is 11.9. The number of ether oxygens (including phenoxy) is 4. The van der Waals surface area contributed by atoms with Crippen LogP contribution in [0, 0.1) is 17.2 Å². The highest BCUT2D eigenvalue weighted by Gasteiger charge is 2.32. The van der Waals surface area contributed by atoms with Crippen LogP contribution >= 0.6 is 0 Å². The predicted octanol–water partition coefficient (Wildman–Crippen LogP) is 4.42. The highest BCUT2D eigenvalue weighted by atomic mass is 16.5. The van der Waals surface area contributed by atoms with Crippen molar-refractivity contribution in [1.82, 2.24) is 44.9 Å². The summed E-state index contributed by atoms with van der Waals surface area (Å²) in [7, 11) is 0. The minimum Gasteiger partial charge on any atom is -0.487 e. The van der Waals surface area contributed by atoms with E-state index in [1.165, 1.54) is 6.33 Å². The topological polar surface area (TPSA) is 163 Å². The van der Waals surface area contributed by atoms with Gasteiger partial charge in [-0.05, 0) is 81.0 Å². The fourth-order valence-corrected chi connectivity index (χ4v) is 7.21. The monoisotopic (exact) mass is 683 g/mol. The zero-order valence-electron chi connectivity index (χ0n) is 28.9. The maximum atomic E-state index is 9.69. The largest absolute Gasteiger partial charge is 0.487 e. The highest BCUT2D eigenvalue weighted by Crippen LogP contribution is 2.36. The molecule has 15 heteroatoms. The number of aromatic nitrogens is 8. The van der Waals surface area contributed by atoms with Gasteiger partial charge in [0.2, 0.25) is 5.95 Å². The molecule has 0 amide bonds. The molecule has 1 aliphatic carbocycles. The molecular weight excluding hydrogens is 638 g/mol. The Labute approximate surface area is 291 Å². The van der Waals surface area contributed by atoms with Gasteiger partial charge in [0.15, 0.2) is 0 Å². The number of rotatable bonds is 12. The van der Waals surface area contributed by atoms with Crippen LogP contribution in [0.5, 0.6) is 11.6 Å². The summed E-state index contributed by atoms with van der Waals surface area (Å²) in [6.07, 6.45) is 12.7. The van der Waals surface area contributed by atoms with Gasteiger partial charge in [0, 0.05) is 49.6 Å². The molecule has 1 unspecified atom stereocenters. The highest BCUT2D eigenvalue weighted by molar-refractivity contribution is 5.67. The third-order valence-corrected chi connectivity index (χ3v) is 9.68. The Hall–Kier alpha value is -4.65. The summed E-state index contributed by atoms with van der Waals surface area (Å²) in [5.74, 6) is 1.80. The van der Waals surface area contributed by atoms with Crippen LogP contribution in [0.3, 0.4) is 0 Å².